The topological polar surface area (TPSA) is 9.23 Å². The summed E-state index contributed by atoms with van der Waals surface area (Å²) in [7, 11) is 1.86. The van der Waals surface area contributed by atoms with Crippen LogP contribution in [-0.2, 0) is 25.2 Å². The maximum atomic E-state index is 4.53. The van der Waals surface area contributed by atoms with Crippen LogP contribution in [0.25, 0.3) is 0 Å². The summed E-state index contributed by atoms with van der Waals surface area (Å²) in [5.74, 6) is 0. The Morgan fingerprint density at radius 2 is 0.750 bits per heavy atom. The molecule has 0 radical (unpaired) electrons. The summed E-state index contributed by atoms with van der Waals surface area (Å²) in [5, 5.41) is 0. The first-order chi connectivity index (χ1) is 1.41. The second-order valence-electron chi connectivity index (χ2n) is 0.408. The van der Waals surface area contributed by atoms with Crippen LogP contribution in [0.15, 0.2) is 0 Å². The maximum absolute atomic E-state index is 4.53. The van der Waals surface area contributed by atoms with Gasteiger partial charge < -0.3 is 33.8 Å². The van der Waals surface area contributed by atoms with Crippen molar-refractivity contribution in [3.05, 3.63) is 29.7 Å². The van der Waals surface area contributed by atoms with E-state index in [1.54, 1.807) is 0 Å². The molecule has 0 amide bonds. The van der Waals surface area contributed by atoms with Gasteiger partial charge in [-0.15, -0.1) is 0 Å². The molecular formula is C4H18OPtSi2. The fourth-order valence-electron chi connectivity index (χ4n) is 0. The van der Waals surface area contributed by atoms with Gasteiger partial charge in [-0.1, -0.05) is 0 Å². The minimum atomic E-state index is 0. The molecule has 0 unspecified atom stereocenters. The average molecular weight is 333 g/mol. The predicted molar refractivity (Wildman–Crippen MR) is 46.6 cm³/mol. The molecule has 0 saturated carbocycles. The third kappa shape index (κ3) is 224. The Morgan fingerprint density at radius 3 is 0.750 bits per heavy atom. The summed E-state index contributed by atoms with van der Waals surface area (Å²) in [6.45, 7) is 0. The van der Waals surface area contributed by atoms with Crippen LogP contribution < -0.4 is 0 Å². The molecule has 0 saturated heterocycles. The van der Waals surface area contributed by atoms with E-state index in [4.69, 9.17) is 0 Å². The van der Waals surface area contributed by atoms with Crippen molar-refractivity contribution < 1.29 is 25.2 Å². The molecule has 58 valence electrons. The van der Waals surface area contributed by atoms with Gasteiger partial charge >= 0.3 is 21.1 Å². The molecule has 0 fully saturated rings. The molecule has 0 spiro atoms. The summed E-state index contributed by atoms with van der Waals surface area (Å²) >= 11 is 0. The van der Waals surface area contributed by atoms with Crippen LogP contribution in [0.1, 0.15) is 0 Å². The molecule has 0 aliphatic carbocycles. The largest absolute Gasteiger partial charge is 4.00 e. The molecule has 0 aromatic heterocycles. The van der Waals surface area contributed by atoms with E-state index in [0.717, 1.165) is 21.0 Å². The molecule has 0 heterocycles. The van der Waals surface area contributed by atoms with Crippen LogP contribution in [0.4, 0.5) is 0 Å². The molecule has 1 nitrogen and oxygen atoms in total. The average Bonchev–Trinajstić information content (AvgIpc) is 0.918. The molecule has 0 aromatic carbocycles. The fraction of sp³-hybridized carbons (Fsp3) is 0. The summed E-state index contributed by atoms with van der Waals surface area (Å²) in [4.78, 5) is 0. The van der Waals surface area contributed by atoms with Gasteiger partial charge in [0.2, 0.25) is 0 Å². The molecule has 0 aromatic rings. The zero-order valence-corrected chi connectivity index (χ0v) is 13.0. The van der Waals surface area contributed by atoms with E-state index in [2.05, 4.69) is 4.12 Å². The molecule has 0 N–H and O–H groups in total. The van der Waals surface area contributed by atoms with E-state index in [-0.39, 0.29) is 50.8 Å². The second kappa shape index (κ2) is 93.5. The number of hydrogen-bond donors (Lipinski definition) is 0. The Bertz CT molecular complexity index is 14.0. The van der Waals surface area contributed by atoms with Crippen LogP contribution in [0.2, 0.25) is 0 Å². The number of hydrogen-bond acceptors (Lipinski definition) is 1. The molecule has 0 atom stereocenters. The van der Waals surface area contributed by atoms with E-state index >= 15 is 0 Å². The van der Waals surface area contributed by atoms with Crippen molar-refractivity contribution in [2.75, 3.05) is 0 Å². The van der Waals surface area contributed by atoms with E-state index in [1.165, 1.54) is 0 Å². The van der Waals surface area contributed by atoms with Gasteiger partial charge in [0.25, 0.3) is 0 Å². The van der Waals surface area contributed by atoms with Gasteiger partial charge in [-0.25, -0.2) is 0 Å². The van der Waals surface area contributed by atoms with E-state index < -0.39 is 0 Å². The van der Waals surface area contributed by atoms with Gasteiger partial charge in [0.15, 0.2) is 0 Å². The Hall–Kier alpha value is 1.08. The summed E-state index contributed by atoms with van der Waals surface area (Å²) in [5.41, 5.74) is 0. The zero-order chi connectivity index (χ0) is 2.71. The van der Waals surface area contributed by atoms with E-state index in [0.29, 0.717) is 0 Å². The minimum Gasteiger partial charge on any atom is -0.471 e. The smallest absolute Gasteiger partial charge is 0.471 e. The van der Waals surface area contributed by atoms with Gasteiger partial charge in [0, 0.05) is 0 Å². The Balaban J connectivity index is -0.00000000200. The molecule has 4 heteroatoms. The summed E-state index contributed by atoms with van der Waals surface area (Å²) in [6.07, 6.45) is 0. The first-order valence-electron chi connectivity index (χ1n) is 0.816. The standard InChI is InChI=1S/4CH3.H6OSi2.Pt/c;;;;2-1-3;/h4*1H3;2-3H3;/q4*-1;;+4. The predicted octanol–water partition coefficient (Wildman–Crippen LogP) is -0.638. The summed E-state index contributed by atoms with van der Waals surface area (Å²) < 4.78 is 4.53. The van der Waals surface area contributed by atoms with Crippen molar-refractivity contribution in [2.24, 2.45) is 0 Å². The molecular weight excluding hydrogens is 315 g/mol. The van der Waals surface area contributed by atoms with Crippen LogP contribution in [0.5, 0.6) is 0 Å². The quantitative estimate of drug-likeness (QED) is 0.423. The van der Waals surface area contributed by atoms with Gasteiger partial charge in [0.05, 0.1) is 0 Å². The van der Waals surface area contributed by atoms with Crippen molar-refractivity contribution in [1.29, 1.82) is 0 Å². The third-order valence-electron chi connectivity index (χ3n) is 0. The van der Waals surface area contributed by atoms with Crippen molar-refractivity contribution in [2.45, 2.75) is 0 Å². The Labute approximate surface area is 75.9 Å². The Kier molecular flexibility index (Phi) is 730. The van der Waals surface area contributed by atoms with Crippen molar-refractivity contribution in [3.8, 4) is 0 Å². The Morgan fingerprint density at radius 1 is 0.750 bits per heavy atom. The zero-order valence-electron chi connectivity index (χ0n) is 6.72. The van der Waals surface area contributed by atoms with E-state index in [9.17, 15) is 0 Å². The molecule has 0 rings (SSSR count). The van der Waals surface area contributed by atoms with Crippen LogP contribution >= 0.6 is 0 Å². The van der Waals surface area contributed by atoms with Crippen molar-refractivity contribution >= 4 is 21.0 Å². The van der Waals surface area contributed by atoms with Crippen LogP contribution in [0, 0.1) is 29.7 Å². The number of rotatable bonds is 0. The van der Waals surface area contributed by atoms with Crippen molar-refractivity contribution in [1.82, 2.24) is 0 Å². The van der Waals surface area contributed by atoms with Crippen LogP contribution in [0.3, 0.4) is 0 Å². The van der Waals surface area contributed by atoms with Gasteiger partial charge in [-0.3, -0.25) is 0 Å². The van der Waals surface area contributed by atoms with Gasteiger partial charge in [0.1, 0.15) is 21.0 Å². The third-order valence-corrected chi connectivity index (χ3v) is 0. The van der Waals surface area contributed by atoms with E-state index in [1.807, 2.05) is 0 Å². The summed E-state index contributed by atoms with van der Waals surface area (Å²) in [6, 6.07) is 0. The molecule has 8 heavy (non-hydrogen) atoms. The fourth-order valence-corrected chi connectivity index (χ4v) is 0. The van der Waals surface area contributed by atoms with Crippen molar-refractivity contribution in [3.63, 3.8) is 0 Å². The normalized spacial score (nSPS) is 3.00. The molecule has 0 bridgehead atoms. The van der Waals surface area contributed by atoms with Crippen LogP contribution in [-0.4, -0.2) is 21.0 Å². The second-order valence-corrected chi connectivity index (χ2v) is 3.67. The first kappa shape index (κ1) is 62.5. The first-order valence-corrected chi connectivity index (χ1v) is 2.45. The monoisotopic (exact) mass is 333 g/mol. The maximum Gasteiger partial charge on any atom is 4.00 e. The molecule has 0 aliphatic rings. The SMILES string of the molecule is [CH3-].[CH3-].[CH3-].[CH3-].[Pt+4].[SiH3]O[SiH3]. The van der Waals surface area contributed by atoms with Gasteiger partial charge in [-0.2, -0.15) is 0 Å². The minimum absolute atomic E-state index is 0. The van der Waals surface area contributed by atoms with Gasteiger partial charge in [-0.05, 0) is 0 Å². The molecule has 0 aliphatic heterocycles.